The summed E-state index contributed by atoms with van der Waals surface area (Å²) in [6.45, 7) is 2.75. The van der Waals surface area contributed by atoms with Crippen molar-refractivity contribution >= 4 is 28.3 Å². The number of morpholine rings is 1. The van der Waals surface area contributed by atoms with E-state index in [1.807, 2.05) is 6.07 Å². The Labute approximate surface area is 186 Å². The van der Waals surface area contributed by atoms with Crippen LogP contribution < -0.4 is 0 Å². The number of rotatable bonds is 3. The number of halogens is 4. The van der Waals surface area contributed by atoms with Gasteiger partial charge in [0.2, 0.25) is 0 Å². The Balaban J connectivity index is 1.75. The maximum Gasteiger partial charge on any atom is 0.408 e. The van der Waals surface area contributed by atoms with Crippen LogP contribution >= 0.6 is 11.6 Å². The molecule has 10 heteroatoms. The fourth-order valence-electron chi connectivity index (χ4n) is 4.22. The van der Waals surface area contributed by atoms with Gasteiger partial charge < -0.3 is 4.74 Å². The Morgan fingerprint density at radius 2 is 1.81 bits per heavy atom. The molecule has 32 heavy (non-hydrogen) atoms. The molecule has 0 radical (unpaired) electrons. The van der Waals surface area contributed by atoms with Gasteiger partial charge in [0.1, 0.15) is 6.04 Å². The molecule has 0 N–H and O–H groups in total. The molecule has 2 aromatic carbocycles. The second kappa shape index (κ2) is 7.99. The molecule has 0 saturated carbocycles. The molecule has 3 heterocycles. The molecular weight excluding hydrogens is 443 g/mol. The van der Waals surface area contributed by atoms with Crippen LogP contribution in [0.25, 0.3) is 28.1 Å². The molecule has 0 spiro atoms. The van der Waals surface area contributed by atoms with Crippen molar-refractivity contribution in [2.45, 2.75) is 19.1 Å². The van der Waals surface area contributed by atoms with E-state index in [4.69, 9.17) is 16.3 Å². The molecule has 1 fully saturated rings. The smallest absolute Gasteiger partial charge is 0.379 e. The predicted molar refractivity (Wildman–Crippen MR) is 115 cm³/mol. The topological polar surface area (TPSA) is 55.6 Å². The van der Waals surface area contributed by atoms with Crippen LogP contribution in [0, 0.1) is 6.92 Å². The van der Waals surface area contributed by atoms with Gasteiger partial charge >= 0.3 is 6.18 Å². The number of ether oxygens (including phenoxy) is 1. The fraction of sp³-hybridized carbons (Fsp3) is 0.318. The van der Waals surface area contributed by atoms with Crippen LogP contribution in [-0.2, 0) is 4.74 Å². The van der Waals surface area contributed by atoms with Crippen LogP contribution in [0.2, 0.25) is 5.02 Å². The first-order chi connectivity index (χ1) is 15.3. The van der Waals surface area contributed by atoms with Gasteiger partial charge in [0, 0.05) is 18.7 Å². The van der Waals surface area contributed by atoms with Crippen molar-refractivity contribution in [3.63, 3.8) is 0 Å². The highest BCUT2D eigenvalue weighted by atomic mass is 35.5. The van der Waals surface area contributed by atoms with E-state index in [1.165, 1.54) is 17.0 Å². The van der Waals surface area contributed by atoms with Crippen molar-refractivity contribution in [2.75, 3.05) is 26.3 Å². The quantitative estimate of drug-likeness (QED) is 0.437. The standard InChI is InChI=1S/C22H19ClF3N5O/c1-13-20-28-29-21(15-4-2-3-5-16(15)23)31(20)18-12-14(6-7-17(18)27-13)19(22(24,25)26)30-8-10-32-11-9-30/h2-7,12,19H,8-11H2,1H3. The maximum absolute atomic E-state index is 14.2. The van der Waals surface area contributed by atoms with Crippen LogP contribution in [0.4, 0.5) is 13.2 Å². The minimum atomic E-state index is -4.44. The lowest BCUT2D eigenvalue weighted by atomic mass is 10.0. The number of hydrogen-bond donors (Lipinski definition) is 0. The van der Waals surface area contributed by atoms with Gasteiger partial charge in [0.15, 0.2) is 11.5 Å². The van der Waals surface area contributed by atoms with Gasteiger partial charge in [-0.05, 0) is 36.8 Å². The fourth-order valence-corrected chi connectivity index (χ4v) is 4.44. The Morgan fingerprint density at radius 3 is 2.53 bits per heavy atom. The van der Waals surface area contributed by atoms with Gasteiger partial charge in [-0.2, -0.15) is 13.2 Å². The second-order valence-electron chi connectivity index (χ2n) is 7.70. The highest BCUT2D eigenvalue weighted by Crippen LogP contribution is 2.39. The lowest BCUT2D eigenvalue weighted by Crippen LogP contribution is -2.44. The second-order valence-corrected chi connectivity index (χ2v) is 8.11. The summed E-state index contributed by atoms with van der Waals surface area (Å²) in [4.78, 5) is 5.94. The van der Waals surface area contributed by atoms with Crippen molar-refractivity contribution in [1.82, 2.24) is 24.5 Å². The van der Waals surface area contributed by atoms with Crippen molar-refractivity contribution < 1.29 is 17.9 Å². The average molecular weight is 462 g/mol. The molecule has 1 unspecified atom stereocenters. The van der Waals surface area contributed by atoms with Crippen molar-refractivity contribution in [2.24, 2.45) is 0 Å². The number of alkyl halides is 3. The van der Waals surface area contributed by atoms with Gasteiger partial charge in [-0.3, -0.25) is 9.30 Å². The SMILES string of the molecule is Cc1nc2ccc(C(N3CCOCC3)C(F)(F)F)cc2n2c(-c3ccccc3Cl)nnc12. The van der Waals surface area contributed by atoms with Crippen LogP contribution in [0.3, 0.4) is 0 Å². The van der Waals surface area contributed by atoms with E-state index in [0.29, 0.717) is 38.8 Å². The van der Waals surface area contributed by atoms with E-state index in [2.05, 4.69) is 15.2 Å². The zero-order chi connectivity index (χ0) is 22.5. The van der Waals surface area contributed by atoms with Crippen molar-refractivity contribution in [3.05, 3.63) is 58.7 Å². The molecule has 2 aromatic heterocycles. The van der Waals surface area contributed by atoms with E-state index in [0.717, 1.165) is 0 Å². The van der Waals surface area contributed by atoms with Crippen LogP contribution in [0.15, 0.2) is 42.5 Å². The molecule has 1 aliphatic rings. The number of nitrogens with zero attached hydrogens (tertiary/aromatic N) is 5. The van der Waals surface area contributed by atoms with Gasteiger partial charge in [-0.1, -0.05) is 29.8 Å². The summed E-state index contributed by atoms with van der Waals surface area (Å²) in [5.74, 6) is 0.452. The molecule has 1 aliphatic heterocycles. The van der Waals surface area contributed by atoms with Gasteiger partial charge in [-0.15, -0.1) is 10.2 Å². The third-order valence-electron chi connectivity index (χ3n) is 5.67. The summed E-state index contributed by atoms with van der Waals surface area (Å²) in [6, 6.07) is 10.1. The van der Waals surface area contributed by atoms with Crippen molar-refractivity contribution in [1.29, 1.82) is 0 Å². The van der Waals surface area contributed by atoms with Crippen LogP contribution in [-0.4, -0.2) is 57.0 Å². The summed E-state index contributed by atoms with van der Waals surface area (Å²) < 4.78 is 49.5. The molecule has 0 aliphatic carbocycles. The molecule has 166 valence electrons. The summed E-state index contributed by atoms with van der Waals surface area (Å²) in [7, 11) is 0. The van der Waals surface area contributed by atoms with E-state index in [-0.39, 0.29) is 31.9 Å². The number of aromatic nitrogens is 4. The highest BCUT2D eigenvalue weighted by molar-refractivity contribution is 6.33. The minimum Gasteiger partial charge on any atom is -0.379 e. The molecule has 0 amide bonds. The first kappa shape index (κ1) is 21.1. The minimum absolute atomic E-state index is 0.137. The van der Waals surface area contributed by atoms with Gasteiger partial charge in [0.25, 0.3) is 0 Å². The summed E-state index contributed by atoms with van der Waals surface area (Å²) in [6.07, 6.45) is -4.44. The molecular formula is C22H19ClF3N5O. The van der Waals surface area contributed by atoms with Crippen LogP contribution in [0.5, 0.6) is 0 Å². The monoisotopic (exact) mass is 461 g/mol. The molecule has 1 saturated heterocycles. The van der Waals surface area contributed by atoms with E-state index in [9.17, 15) is 13.2 Å². The Hall–Kier alpha value is -2.75. The van der Waals surface area contributed by atoms with Gasteiger partial charge in [0.05, 0.1) is 35.0 Å². The lowest BCUT2D eigenvalue weighted by Gasteiger charge is -2.35. The number of benzene rings is 2. The Morgan fingerprint density at radius 1 is 1.06 bits per heavy atom. The molecule has 1 atom stereocenters. The zero-order valence-electron chi connectivity index (χ0n) is 17.1. The largest absolute Gasteiger partial charge is 0.408 e. The first-order valence-corrected chi connectivity index (χ1v) is 10.5. The van der Waals surface area contributed by atoms with E-state index in [1.54, 1.807) is 35.6 Å². The van der Waals surface area contributed by atoms with E-state index >= 15 is 0 Å². The van der Waals surface area contributed by atoms with Gasteiger partial charge in [-0.25, -0.2) is 4.98 Å². The number of fused-ring (bicyclic) bond motifs is 3. The van der Waals surface area contributed by atoms with Crippen LogP contribution in [0.1, 0.15) is 17.3 Å². The highest BCUT2D eigenvalue weighted by Gasteiger charge is 2.45. The molecule has 5 rings (SSSR count). The zero-order valence-corrected chi connectivity index (χ0v) is 17.9. The average Bonchev–Trinajstić information content (AvgIpc) is 3.20. The third-order valence-corrected chi connectivity index (χ3v) is 6.00. The number of aryl methyl sites for hydroxylation is 1. The van der Waals surface area contributed by atoms with E-state index < -0.39 is 12.2 Å². The number of hydrogen-bond acceptors (Lipinski definition) is 5. The normalized spacial score (nSPS) is 16.7. The lowest BCUT2D eigenvalue weighted by molar-refractivity contribution is -0.194. The summed E-state index contributed by atoms with van der Waals surface area (Å²) >= 11 is 6.39. The van der Waals surface area contributed by atoms with Crippen molar-refractivity contribution in [3.8, 4) is 11.4 Å². The molecule has 4 aromatic rings. The predicted octanol–water partition coefficient (Wildman–Crippen LogP) is 4.84. The molecule has 6 nitrogen and oxygen atoms in total. The summed E-state index contributed by atoms with van der Waals surface area (Å²) in [5.41, 5.74) is 2.91. The third kappa shape index (κ3) is 3.60. The Bertz CT molecular complexity index is 1300. The summed E-state index contributed by atoms with van der Waals surface area (Å²) in [5, 5.41) is 9.01. The Kier molecular flexibility index (Phi) is 5.27. The maximum atomic E-state index is 14.2. The molecule has 0 bridgehead atoms. The first-order valence-electron chi connectivity index (χ1n) is 10.1.